The molecule has 1 aromatic rings. The summed E-state index contributed by atoms with van der Waals surface area (Å²) in [5, 5.41) is 23.2. The largest absolute Gasteiger partial charge is 0.508 e. The average molecular weight is 235 g/mol. The molecule has 0 unspecified atom stereocenters. The van der Waals surface area contributed by atoms with Gasteiger partial charge in [0.05, 0.1) is 6.10 Å². The Bertz CT molecular complexity index is 390. The van der Waals surface area contributed by atoms with Crippen molar-refractivity contribution in [3.63, 3.8) is 0 Å². The number of aliphatic hydroxyl groups excluding tert-OH is 1. The van der Waals surface area contributed by atoms with E-state index in [0.29, 0.717) is 0 Å². The van der Waals surface area contributed by atoms with Crippen molar-refractivity contribution in [1.82, 2.24) is 5.32 Å². The fourth-order valence-corrected chi connectivity index (χ4v) is 2.59. The number of phenolic OH excluding ortho intramolecular Hbond substituents is 1. The van der Waals surface area contributed by atoms with Crippen molar-refractivity contribution in [3.8, 4) is 5.75 Å². The fourth-order valence-electron chi connectivity index (χ4n) is 2.59. The summed E-state index contributed by atoms with van der Waals surface area (Å²) in [6.45, 7) is 4.32. The minimum Gasteiger partial charge on any atom is -0.508 e. The molecule has 1 aliphatic heterocycles. The molecule has 3 nitrogen and oxygen atoms in total. The van der Waals surface area contributed by atoms with Crippen LogP contribution in [0.1, 0.15) is 44.8 Å². The molecular weight excluding hydrogens is 214 g/mol. The van der Waals surface area contributed by atoms with Crippen molar-refractivity contribution in [2.45, 2.75) is 50.8 Å². The van der Waals surface area contributed by atoms with Crippen molar-refractivity contribution in [2.75, 3.05) is 0 Å². The van der Waals surface area contributed by atoms with Gasteiger partial charge in [-0.15, -0.1) is 0 Å². The average Bonchev–Trinajstić information content (AvgIpc) is 2.26. The molecule has 1 saturated heterocycles. The van der Waals surface area contributed by atoms with Crippen molar-refractivity contribution in [1.29, 1.82) is 0 Å². The van der Waals surface area contributed by atoms with Crippen molar-refractivity contribution >= 4 is 0 Å². The number of aliphatic hydroxyl groups is 1. The predicted molar refractivity (Wildman–Crippen MR) is 67.9 cm³/mol. The molecule has 0 radical (unpaired) electrons. The van der Waals surface area contributed by atoms with E-state index < -0.39 is 6.10 Å². The number of nitrogens with one attached hydrogen (secondary N) is 1. The van der Waals surface area contributed by atoms with Crippen LogP contribution in [0.25, 0.3) is 0 Å². The lowest BCUT2D eigenvalue weighted by Crippen LogP contribution is -2.51. The van der Waals surface area contributed by atoms with Crippen LogP contribution >= 0.6 is 0 Å². The molecule has 0 amide bonds. The highest BCUT2D eigenvalue weighted by Crippen LogP contribution is 2.29. The summed E-state index contributed by atoms with van der Waals surface area (Å²) in [4.78, 5) is 0. The molecule has 2 rings (SSSR count). The number of hydrogen-bond acceptors (Lipinski definition) is 3. The van der Waals surface area contributed by atoms with Gasteiger partial charge in [0, 0.05) is 11.6 Å². The lowest BCUT2D eigenvalue weighted by molar-refractivity contribution is 0.0843. The molecule has 17 heavy (non-hydrogen) atoms. The Morgan fingerprint density at radius 3 is 2.82 bits per heavy atom. The Morgan fingerprint density at radius 1 is 1.41 bits per heavy atom. The maximum Gasteiger partial charge on any atom is 0.115 e. The molecule has 2 atom stereocenters. The first-order valence-corrected chi connectivity index (χ1v) is 6.23. The maximum absolute atomic E-state index is 10.3. The zero-order chi connectivity index (χ0) is 12.5. The molecule has 0 spiro atoms. The van der Waals surface area contributed by atoms with E-state index in [1.165, 1.54) is 0 Å². The quantitative estimate of drug-likeness (QED) is 0.737. The van der Waals surface area contributed by atoms with Gasteiger partial charge in [-0.2, -0.15) is 0 Å². The third-order valence-corrected chi connectivity index (χ3v) is 3.49. The van der Waals surface area contributed by atoms with Crippen molar-refractivity contribution in [3.05, 3.63) is 29.8 Å². The summed E-state index contributed by atoms with van der Waals surface area (Å²) >= 11 is 0. The summed E-state index contributed by atoms with van der Waals surface area (Å²) in [6.07, 6.45) is 2.68. The molecule has 0 saturated carbocycles. The van der Waals surface area contributed by atoms with E-state index in [9.17, 15) is 10.2 Å². The monoisotopic (exact) mass is 235 g/mol. The van der Waals surface area contributed by atoms with Gasteiger partial charge in [0.2, 0.25) is 0 Å². The highest BCUT2D eigenvalue weighted by Gasteiger charge is 2.31. The van der Waals surface area contributed by atoms with Crippen LogP contribution < -0.4 is 5.32 Å². The molecule has 0 aliphatic carbocycles. The number of phenols is 1. The van der Waals surface area contributed by atoms with Crippen LogP contribution in [0.3, 0.4) is 0 Å². The molecule has 1 aliphatic rings. The van der Waals surface area contributed by atoms with E-state index in [4.69, 9.17) is 0 Å². The minimum atomic E-state index is -0.554. The summed E-state index contributed by atoms with van der Waals surface area (Å²) in [7, 11) is 0. The van der Waals surface area contributed by atoms with Crippen LogP contribution in [-0.4, -0.2) is 21.8 Å². The molecular formula is C14H21NO2. The highest BCUT2D eigenvalue weighted by atomic mass is 16.3. The van der Waals surface area contributed by atoms with Crippen LogP contribution in [0, 0.1) is 0 Å². The summed E-state index contributed by atoms with van der Waals surface area (Å²) in [6, 6.07) is 6.94. The Labute approximate surface area is 102 Å². The minimum absolute atomic E-state index is 0.0700. The summed E-state index contributed by atoms with van der Waals surface area (Å²) < 4.78 is 0. The van der Waals surface area contributed by atoms with Crippen LogP contribution in [0.2, 0.25) is 0 Å². The van der Waals surface area contributed by atoms with Gasteiger partial charge in [-0.25, -0.2) is 0 Å². The molecule has 3 N–H and O–H groups in total. The van der Waals surface area contributed by atoms with Gasteiger partial charge < -0.3 is 15.5 Å². The molecule has 94 valence electrons. The first-order chi connectivity index (χ1) is 7.98. The van der Waals surface area contributed by atoms with Gasteiger partial charge in [0.25, 0.3) is 0 Å². The number of piperidine rings is 1. The van der Waals surface area contributed by atoms with E-state index in [1.54, 1.807) is 18.2 Å². The number of rotatable bonds is 2. The summed E-state index contributed by atoms with van der Waals surface area (Å²) in [5.41, 5.74) is 0.862. The fraction of sp³-hybridized carbons (Fsp3) is 0.571. The standard InChI is InChI=1S/C14H21NO2/c1-14(2)8-4-7-12(15-14)13(17)10-5-3-6-11(16)9-10/h3,5-6,9,12-13,15-17H,4,7-8H2,1-2H3/t12-,13-/m1/s1. The molecule has 1 fully saturated rings. The molecule has 1 aromatic carbocycles. The lowest BCUT2D eigenvalue weighted by atomic mass is 9.85. The van der Waals surface area contributed by atoms with E-state index in [2.05, 4.69) is 19.2 Å². The van der Waals surface area contributed by atoms with Crippen LogP contribution in [0.4, 0.5) is 0 Å². The zero-order valence-electron chi connectivity index (χ0n) is 10.5. The smallest absolute Gasteiger partial charge is 0.115 e. The topological polar surface area (TPSA) is 52.5 Å². The Morgan fingerprint density at radius 2 is 2.18 bits per heavy atom. The number of hydrogen-bond donors (Lipinski definition) is 3. The molecule has 0 bridgehead atoms. The molecule has 3 heteroatoms. The number of benzene rings is 1. The Balaban J connectivity index is 2.12. The normalized spacial score (nSPS) is 25.5. The van der Waals surface area contributed by atoms with Gasteiger partial charge >= 0.3 is 0 Å². The second-order valence-electron chi connectivity index (χ2n) is 5.57. The van der Waals surface area contributed by atoms with E-state index in [-0.39, 0.29) is 17.3 Å². The third kappa shape index (κ3) is 2.99. The Hall–Kier alpha value is -1.06. The van der Waals surface area contributed by atoms with Crippen molar-refractivity contribution < 1.29 is 10.2 Å². The maximum atomic E-state index is 10.3. The van der Waals surface area contributed by atoms with E-state index in [1.807, 2.05) is 6.07 Å². The first-order valence-electron chi connectivity index (χ1n) is 6.23. The highest BCUT2D eigenvalue weighted by molar-refractivity contribution is 5.29. The van der Waals surface area contributed by atoms with Crippen LogP contribution in [-0.2, 0) is 0 Å². The van der Waals surface area contributed by atoms with Crippen molar-refractivity contribution in [2.24, 2.45) is 0 Å². The first kappa shape index (κ1) is 12.4. The zero-order valence-corrected chi connectivity index (χ0v) is 10.5. The predicted octanol–water partition coefficient (Wildman–Crippen LogP) is 2.35. The van der Waals surface area contributed by atoms with Crippen LogP contribution in [0.5, 0.6) is 5.75 Å². The molecule has 0 aromatic heterocycles. The SMILES string of the molecule is CC1(C)CCC[C@H]([C@H](O)c2cccc(O)c2)N1. The van der Waals surface area contributed by atoms with E-state index >= 15 is 0 Å². The van der Waals surface area contributed by atoms with Gasteiger partial charge in [-0.1, -0.05) is 12.1 Å². The lowest BCUT2D eigenvalue weighted by Gasteiger charge is -2.39. The summed E-state index contributed by atoms with van der Waals surface area (Å²) in [5.74, 6) is 0.205. The van der Waals surface area contributed by atoms with Crippen LogP contribution in [0.15, 0.2) is 24.3 Å². The Kier molecular flexibility index (Phi) is 3.40. The van der Waals surface area contributed by atoms with Gasteiger partial charge in [0.15, 0.2) is 0 Å². The third-order valence-electron chi connectivity index (χ3n) is 3.49. The molecule has 1 heterocycles. The van der Waals surface area contributed by atoms with Gasteiger partial charge in [-0.05, 0) is 50.8 Å². The van der Waals surface area contributed by atoms with Gasteiger partial charge in [0.1, 0.15) is 5.75 Å². The second kappa shape index (κ2) is 4.67. The van der Waals surface area contributed by atoms with E-state index in [0.717, 1.165) is 24.8 Å². The van der Waals surface area contributed by atoms with Gasteiger partial charge in [-0.3, -0.25) is 0 Å². The number of aromatic hydroxyl groups is 1. The second-order valence-corrected chi connectivity index (χ2v) is 5.57.